The molecule has 6 heteroatoms. The third kappa shape index (κ3) is 4.74. The van der Waals surface area contributed by atoms with Gasteiger partial charge in [-0.1, -0.05) is 36.4 Å². The van der Waals surface area contributed by atoms with Gasteiger partial charge in [0.1, 0.15) is 5.75 Å². The minimum absolute atomic E-state index is 0.0789. The van der Waals surface area contributed by atoms with Crippen molar-refractivity contribution < 1.29 is 19.4 Å². The largest absolute Gasteiger partial charge is 0.507 e. The van der Waals surface area contributed by atoms with Crippen LogP contribution in [0.3, 0.4) is 0 Å². The summed E-state index contributed by atoms with van der Waals surface area (Å²) < 4.78 is 4.63. The number of hydrogen-bond donors (Lipinski definition) is 3. The predicted octanol–water partition coefficient (Wildman–Crippen LogP) is 2.37. The summed E-state index contributed by atoms with van der Waals surface area (Å²) in [5, 5.41) is 9.84. The number of nitrogens with one attached hydrogen (secondary N) is 2. The Kier molecular flexibility index (Phi) is 5.57. The van der Waals surface area contributed by atoms with Gasteiger partial charge in [0.2, 0.25) is 0 Å². The Balaban J connectivity index is 2.07. The molecular weight excluding hydrogens is 296 g/mol. The second kappa shape index (κ2) is 7.84. The van der Waals surface area contributed by atoms with Crippen molar-refractivity contribution in [3.8, 4) is 5.75 Å². The highest BCUT2D eigenvalue weighted by Crippen LogP contribution is 2.20. The van der Waals surface area contributed by atoms with E-state index in [2.05, 4.69) is 15.6 Å². The maximum absolute atomic E-state index is 12.0. The first-order valence-corrected chi connectivity index (χ1v) is 7.19. The highest BCUT2D eigenvalue weighted by atomic mass is 16.5. The van der Waals surface area contributed by atoms with Crippen LogP contribution >= 0.6 is 0 Å². The van der Waals surface area contributed by atoms with Crippen LogP contribution in [0.1, 0.15) is 28.4 Å². The van der Waals surface area contributed by atoms with Crippen LogP contribution < -0.4 is 10.9 Å². The summed E-state index contributed by atoms with van der Waals surface area (Å²) in [6.07, 6.45) is -0.132. The van der Waals surface area contributed by atoms with Crippen LogP contribution in [0.4, 0.5) is 4.79 Å². The summed E-state index contributed by atoms with van der Waals surface area (Å²) in [5.41, 5.74) is 6.34. The summed E-state index contributed by atoms with van der Waals surface area (Å²) in [5.74, 6) is -0.782. The molecule has 2 aromatic carbocycles. The number of rotatable bonds is 4. The zero-order chi connectivity index (χ0) is 16.7. The molecule has 2 amide bonds. The van der Waals surface area contributed by atoms with E-state index in [1.54, 1.807) is 19.1 Å². The first kappa shape index (κ1) is 16.4. The highest BCUT2D eigenvalue weighted by molar-refractivity contribution is 5.97. The standard InChI is InChI=1S/C17H18N2O4/c1-2-23-17(22)19-18-16(21)14-11-13(8-9-15(14)20)10-12-6-4-3-5-7-12/h3-9,11,20H,2,10H2,1H3,(H,18,21)(H,19,22). The van der Waals surface area contributed by atoms with Crippen LogP contribution in [0.5, 0.6) is 5.75 Å². The lowest BCUT2D eigenvalue weighted by Crippen LogP contribution is -2.41. The topological polar surface area (TPSA) is 87.7 Å². The number of carbonyl (C=O) groups is 2. The molecule has 23 heavy (non-hydrogen) atoms. The third-order valence-electron chi connectivity index (χ3n) is 3.11. The fourth-order valence-electron chi connectivity index (χ4n) is 2.05. The molecular formula is C17H18N2O4. The average molecular weight is 314 g/mol. The number of aromatic hydroxyl groups is 1. The Morgan fingerprint density at radius 2 is 1.78 bits per heavy atom. The second-order valence-corrected chi connectivity index (χ2v) is 4.81. The number of carbonyl (C=O) groups excluding carboxylic acids is 2. The van der Waals surface area contributed by atoms with Crippen molar-refractivity contribution >= 4 is 12.0 Å². The van der Waals surface area contributed by atoms with Crippen LogP contribution in [-0.4, -0.2) is 23.7 Å². The summed E-state index contributed by atoms with van der Waals surface area (Å²) in [6, 6.07) is 14.6. The van der Waals surface area contributed by atoms with Crippen molar-refractivity contribution in [3.05, 3.63) is 65.2 Å². The van der Waals surface area contributed by atoms with E-state index in [1.807, 2.05) is 30.3 Å². The molecule has 0 saturated heterocycles. The van der Waals surface area contributed by atoms with Gasteiger partial charge in [0.05, 0.1) is 12.2 Å². The number of hydrogen-bond acceptors (Lipinski definition) is 4. The van der Waals surface area contributed by atoms with E-state index < -0.39 is 12.0 Å². The van der Waals surface area contributed by atoms with E-state index in [0.29, 0.717) is 6.42 Å². The van der Waals surface area contributed by atoms with Crippen LogP contribution in [0, 0.1) is 0 Å². The van der Waals surface area contributed by atoms with Crippen molar-refractivity contribution in [2.45, 2.75) is 13.3 Å². The fourth-order valence-corrected chi connectivity index (χ4v) is 2.05. The molecule has 0 aliphatic carbocycles. The van der Waals surface area contributed by atoms with Crippen LogP contribution in [0.15, 0.2) is 48.5 Å². The van der Waals surface area contributed by atoms with Crippen molar-refractivity contribution in [3.63, 3.8) is 0 Å². The van der Waals surface area contributed by atoms with E-state index in [1.165, 1.54) is 6.07 Å². The van der Waals surface area contributed by atoms with Crippen molar-refractivity contribution in [2.24, 2.45) is 0 Å². The molecule has 6 nitrogen and oxygen atoms in total. The van der Waals surface area contributed by atoms with E-state index in [9.17, 15) is 14.7 Å². The minimum Gasteiger partial charge on any atom is -0.507 e. The van der Waals surface area contributed by atoms with E-state index in [0.717, 1.165) is 11.1 Å². The van der Waals surface area contributed by atoms with Crippen LogP contribution in [0.2, 0.25) is 0 Å². The normalized spacial score (nSPS) is 9.96. The van der Waals surface area contributed by atoms with E-state index in [-0.39, 0.29) is 17.9 Å². The number of phenolic OH excluding ortho intramolecular Hbond substituents is 1. The quantitative estimate of drug-likeness (QED) is 0.756. The van der Waals surface area contributed by atoms with Gasteiger partial charge in [-0.2, -0.15) is 0 Å². The molecule has 3 N–H and O–H groups in total. The number of phenols is 1. The average Bonchev–Trinajstić information content (AvgIpc) is 2.55. The zero-order valence-corrected chi connectivity index (χ0v) is 12.7. The van der Waals surface area contributed by atoms with Gasteiger partial charge in [-0.15, -0.1) is 0 Å². The van der Waals surface area contributed by atoms with Crippen LogP contribution in [0.25, 0.3) is 0 Å². The molecule has 0 heterocycles. The van der Waals surface area contributed by atoms with Gasteiger partial charge in [0, 0.05) is 0 Å². The van der Waals surface area contributed by atoms with Gasteiger partial charge in [-0.05, 0) is 36.6 Å². The fraction of sp³-hybridized carbons (Fsp3) is 0.176. The molecule has 0 bridgehead atoms. The van der Waals surface area contributed by atoms with Crippen molar-refractivity contribution in [1.29, 1.82) is 0 Å². The van der Waals surface area contributed by atoms with Crippen LogP contribution in [-0.2, 0) is 11.2 Å². The van der Waals surface area contributed by atoms with E-state index >= 15 is 0 Å². The Morgan fingerprint density at radius 1 is 1.04 bits per heavy atom. The maximum Gasteiger partial charge on any atom is 0.426 e. The van der Waals surface area contributed by atoms with Crippen molar-refractivity contribution in [2.75, 3.05) is 6.61 Å². The lowest BCUT2D eigenvalue weighted by molar-refractivity contribution is 0.0910. The first-order valence-electron chi connectivity index (χ1n) is 7.19. The monoisotopic (exact) mass is 314 g/mol. The molecule has 0 aliphatic heterocycles. The Labute approximate surface area is 134 Å². The van der Waals surface area contributed by atoms with Gasteiger partial charge in [-0.3, -0.25) is 10.2 Å². The lowest BCUT2D eigenvalue weighted by atomic mass is 10.0. The molecule has 0 spiro atoms. The SMILES string of the molecule is CCOC(=O)NNC(=O)c1cc(Cc2ccccc2)ccc1O. The molecule has 0 unspecified atom stereocenters. The number of benzene rings is 2. The highest BCUT2D eigenvalue weighted by Gasteiger charge is 2.13. The molecule has 0 saturated carbocycles. The molecule has 0 aromatic heterocycles. The Morgan fingerprint density at radius 3 is 2.48 bits per heavy atom. The summed E-state index contributed by atoms with van der Waals surface area (Å²) >= 11 is 0. The zero-order valence-electron chi connectivity index (χ0n) is 12.7. The summed E-state index contributed by atoms with van der Waals surface area (Å²) in [6.45, 7) is 1.85. The first-order chi connectivity index (χ1) is 11.1. The molecule has 0 aliphatic rings. The third-order valence-corrected chi connectivity index (χ3v) is 3.11. The summed E-state index contributed by atoms with van der Waals surface area (Å²) in [4.78, 5) is 23.2. The lowest BCUT2D eigenvalue weighted by Gasteiger charge is -2.10. The van der Waals surface area contributed by atoms with Gasteiger partial charge in [0.15, 0.2) is 0 Å². The van der Waals surface area contributed by atoms with Gasteiger partial charge < -0.3 is 9.84 Å². The smallest absolute Gasteiger partial charge is 0.426 e. The van der Waals surface area contributed by atoms with Gasteiger partial charge in [0.25, 0.3) is 5.91 Å². The maximum atomic E-state index is 12.0. The molecule has 120 valence electrons. The molecule has 2 rings (SSSR count). The summed E-state index contributed by atoms with van der Waals surface area (Å²) in [7, 11) is 0. The number of ether oxygens (including phenoxy) is 1. The van der Waals surface area contributed by atoms with Gasteiger partial charge in [-0.25, -0.2) is 10.2 Å². The second-order valence-electron chi connectivity index (χ2n) is 4.81. The van der Waals surface area contributed by atoms with Gasteiger partial charge >= 0.3 is 6.09 Å². The van der Waals surface area contributed by atoms with E-state index in [4.69, 9.17) is 0 Å². The number of amides is 2. The molecule has 0 atom stereocenters. The molecule has 2 aromatic rings. The molecule has 0 fully saturated rings. The van der Waals surface area contributed by atoms with Crippen molar-refractivity contribution in [1.82, 2.24) is 10.9 Å². The Bertz CT molecular complexity index is 686. The number of hydrazine groups is 1. The minimum atomic E-state index is -0.763. The Hall–Kier alpha value is -3.02. The predicted molar refractivity (Wildman–Crippen MR) is 85.0 cm³/mol. The molecule has 0 radical (unpaired) electrons.